The lowest BCUT2D eigenvalue weighted by atomic mass is 9.85. The van der Waals surface area contributed by atoms with Crippen molar-refractivity contribution in [1.82, 2.24) is 4.90 Å². The van der Waals surface area contributed by atoms with Crippen molar-refractivity contribution in [2.24, 2.45) is 11.1 Å². The average Bonchev–Trinajstić information content (AvgIpc) is 1.96. The van der Waals surface area contributed by atoms with Crippen LogP contribution in [0, 0.1) is 5.41 Å². The summed E-state index contributed by atoms with van der Waals surface area (Å²) in [5, 5.41) is 0. The SMILES string of the molecule is CN1C=CC(C)(CN)CC1. The van der Waals surface area contributed by atoms with E-state index in [1.165, 1.54) is 6.42 Å². The van der Waals surface area contributed by atoms with Crippen LogP contribution in [0.15, 0.2) is 12.3 Å². The number of hydrogen-bond donors (Lipinski definition) is 1. The molecule has 1 rings (SSSR count). The zero-order valence-electron chi connectivity index (χ0n) is 6.80. The summed E-state index contributed by atoms with van der Waals surface area (Å²) < 4.78 is 0. The third kappa shape index (κ3) is 1.51. The molecule has 1 aliphatic rings. The van der Waals surface area contributed by atoms with Gasteiger partial charge in [-0.05, 0) is 12.6 Å². The van der Waals surface area contributed by atoms with Gasteiger partial charge in [-0.3, -0.25) is 0 Å². The third-order valence-corrected chi connectivity index (χ3v) is 2.23. The Morgan fingerprint density at radius 1 is 1.70 bits per heavy atom. The van der Waals surface area contributed by atoms with Crippen LogP contribution in [0.2, 0.25) is 0 Å². The normalized spacial score (nSPS) is 32.9. The summed E-state index contributed by atoms with van der Waals surface area (Å²) in [7, 11) is 2.09. The number of hydrogen-bond acceptors (Lipinski definition) is 2. The lowest BCUT2D eigenvalue weighted by Crippen LogP contribution is -2.33. The average molecular weight is 140 g/mol. The van der Waals surface area contributed by atoms with Crippen LogP contribution >= 0.6 is 0 Å². The summed E-state index contributed by atoms with van der Waals surface area (Å²) in [5.74, 6) is 0. The van der Waals surface area contributed by atoms with E-state index in [1.807, 2.05) is 0 Å². The second-order valence-electron chi connectivity index (χ2n) is 3.40. The van der Waals surface area contributed by atoms with Gasteiger partial charge in [-0.1, -0.05) is 13.0 Å². The predicted molar refractivity (Wildman–Crippen MR) is 43.5 cm³/mol. The Labute approximate surface area is 62.7 Å². The Morgan fingerprint density at radius 3 is 2.80 bits per heavy atom. The van der Waals surface area contributed by atoms with Gasteiger partial charge in [0.25, 0.3) is 0 Å². The molecule has 0 spiro atoms. The Kier molecular flexibility index (Phi) is 2.00. The monoisotopic (exact) mass is 140 g/mol. The lowest BCUT2D eigenvalue weighted by molar-refractivity contribution is 0.298. The lowest BCUT2D eigenvalue weighted by Gasteiger charge is -2.31. The van der Waals surface area contributed by atoms with E-state index in [1.54, 1.807) is 0 Å². The van der Waals surface area contributed by atoms with E-state index in [0.717, 1.165) is 13.1 Å². The fraction of sp³-hybridized carbons (Fsp3) is 0.750. The molecule has 1 aliphatic heterocycles. The van der Waals surface area contributed by atoms with Gasteiger partial charge in [0.05, 0.1) is 0 Å². The minimum absolute atomic E-state index is 0.256. The van der Waals surface area contributed by atoms with Gasteiger partial charge in [-0.25, -0.2) is 0 Å². The molecule has 2 N–H and O–H groups in total. The van der Waals surface area contributed by atoms with E-state index in [9.17, 15) is 0 Å². The summed E-state index contributed by atoms with van der Waals surface area (Å²) in [6.07, 6.45) is 5.50. The Morgan fingerprint density at radius 2 is 2.40 bits per heavy atom. The van der Waals surface area contributed by atoms with Crippen molar-refractivity contribution >= 4 is 0 Å². The topological polar surface area (TPSA) is 29.3 Å². The maximum atomic E-state index is 5.61. The first-order chi connectivity index (χ1) is 4.66. The Balaban J connectivity index is 2.59. The van der Waals surface area contributed by atoms with Gasteiger partial charge in [0.15, 0.2) is 0 Å². The third-order valence-electron chi connectivity index (χ3n) is 2.23. The number of rotatable bonds is 1. The van der Waals surface area contributed by atoms with Gasteiger partial charge in [0, 0.05) is 25.6 Å². The fourth-order valence-electron chi connectivity index (χ4n) is 1.07. The summed E-state index contributed by atoms with van der Waals surface area (Å²) in [5.41, 5.74) is 5.87. The molecule has 0 amide bonds. The van der Waals surface area contributed by atoms with Crippen molar-refractivity contribution in [3.63, 3.8) is 0 Å². The number of nitrogens with two attached hydrogens (primary N) is 1. The molecule has 0 fully saturated rings. The van der Waals surface area contributed by atoms with Crippen LogP contribution < -0.4 is 5.73 Å². The summed E-state index contributed by atoms with van der Waals surface area (Å²) >= 11 is 0. The molecular formula is C8H16N2. The van der Waals surface area contributed by atoms with Crippen LogP contribution in [-0.2, 0) is 0 Å². The van der Waals surface area contributed by atoms with E-state index < -0.39 is 0 Å². The smallest absolute Gasteiger partial charge is 0.0177 e. The summed E-state index contributed by atoms with van der Waals surface area (Å²) in [6, 6.07) is 0. The van der Waals surface area contributed by atoms with Gasteiger partial charge >= 0.3 is 0 Å². The van der Waals surface area contributed by atoms with Crippen molar-refractivity contribution in [3.8, 4) is 0 Å². The molecule has 0 saturated heterocycles. The molecule has 0 aromatic carbocycles. The molecule has 2 nitrogen and oxygen atoms in total. The van der Waals surface area contributed by atoms with Crippen LogP contribution in [0.3, 0.4) is 0 Å². The zero-order valence-corrected chi connectivity index (χ0v) is 6.80. The molecular weight excluding hydrogens is 124 g/mol. The summed E-state index contributed by atoms with van der Waals surface area (Å²) in [4.78, 5) is 2.19. The second-order valence-corrected chi connectivity index (χ2v) is 3.40. The molecule has 0 aromatic heterocycles. The van der Waals surface area contributed by atoms with Gasteiger partial charge in [-0.2, -0.15) is 0 Å². The first kappa shape index (κ1) is 7.61. The molecule has 0 aliphatic carbocycles. The molecule has 10 heavy (non-hydrogen) atoms. The molecule has 0 radical (unpaired) electrons. The van der Waals surface area contributed by atoms with Crippen LogP contribution in [-0.4, -0.2) is 25.0 Å². The van der Waals surface area contributed by atoms with Gasteiger partial charge in [-0.15, -0.1) is 0 Å². The Hall–Kier alpha value is -0.500. The second kappa shape index (κ2) is 2.62. The molecule has 1 heterocycles. The van der Waals surface area contributed by atoms with Crippen molar-refractivity contribution in [2.75, 3.05) is 20.1 Å². The standard InChI is InChI=1S/C8H16N2/c1-8(7-9)3-5-10(2)6-4-8/h3,5H,4,6-7,9H2,1-2H3. The molecule has 0 aromatic rings. The van der Waals surface area contributed by atoms with Crippen molar-refractivity contribution in [1.29, 1.82) is 0 Å². The molecule has 1 atom stereocenters. The van der Waals surface area contributed by atoms with E-state index in [-0.39, 0.29) is 5.41 Å². The van der Waals surface area contributed by atoms with Crippen molar-refractivity contribution in [2.45, 2.75) is 13.3 Å². The van der Waals surface area contributed by atoms with Crippen molar-refractivity contribution < 1.29 is 0 Å². The van der Waals surface area contributed by atoms with Crippen LogP contribution in [0.5, 0.6) is 0 Å². The van der Waals surface area contributed by atoms with Crippen LogP contribution in [0.1, 0.15) is 13.3 Å². The fourth-order valence-corrected chi connectivity index (χ4v) is 1.07. The minimum atomic E-state index is 0.256. The van der Waals surface area contributed by atoms with E-state index in [4.69, 9.17) is 5.73 Å². The Bertz CT molecular complexity index is 142. The first-order valence-corrected chi connectivity index (χ1v) is 3.76. The first-order valence-electron chi connectivity index (χ1n) is 3.76. The summed E-state index contributed by atoms with van der Waals surface area (Å²) in [6.45, 7) is 4.10. The van der Waals surface area contributed by atoms with E-state index >= 15 is 0 Å². The largest absolute Gasteiger partial charge is 0.381 e. The van der Waals surface area contributed by atoms with Gasteiger partial charge in [0.2, 0.25) is 0 Å². The van der Waals surface area contributed by atoms with Crippen LogP contribution in [0.4, 0.5) is 0 Å². The van der Waals surface area contributed by atoms with E-state index in [0.29, 0.717) is 0 Å². The van der Waals surface area contributed by atoms with E-state index in [2.05, 4.69) is 31.1 Å². The highest BCUT2D eigenvalue weighted by Gasteiger charge is 2.21. The molecule has 1 unspecified atom stereocenters. The molecule has 58 valence electrons. The van der Waals surface area contributed by atoms with Gasteiger partial charge < -0.3 is 10.6 Å². The molecule has 0 saturated carbocycles. The van der Waals surface area contributed by atoms with Crippen molar-refractivity contribution in [3.05, 3.63) is 12.3 Å². The molecule has 0 bridgehead atoms. The predicted octanol–water partition coefficient (Wildman–Crippen LogP) is 0.801. The van der Waals surface area contributed by atoms with Gasteiger partial charge in [0.1, 0.15) is 0 Å². The highest BCUT2D eigenvalue weighted by Crippen LogP contribution is 2.25. The maximum Gasteiger partial charge on any atom is 0.0177 e. The highest BCUT2D eigenvalue weighted by molar-refractivity contribution is 5.01. The number of nitrogens with zero attached hydrogens (tertiary/aromatic N) is 1. The maximum absolute atomic E-state index is 5.61. The molecule has 2 heteroatoms. The quantitative estimate of drug-likeness (QED) is 0.583. The highest BCUT2D eigenvalue weighted by atomic mass is 15.1. The zero-order chi connectivity index (χ0) is 7.61. The van der Waals surface area contributed by atoms with Crippen LogP contribution in [0.25, 0.3) is 0 Å². The minimum Gasteiger partial charge on any atom is -0.381 e.